The molecule has 0 saturated carbocycles. The van der Waals surface area contributed by atoms with Gasteiger partial charge in [-0.05, 0) is 33.2 Å². The third-order valence-corrected chi connectivity index (χ3v) is 4.28. The molecule has 72 valence electrons. The summed E-state index contributed by atoms with van der Waals surface area (Å²) in [5.41, 5.74) is 1.35. The summed E-state index contributed by atoms with van der Waals surface area (Å²) in [6.07, 6.45) is 2.51. The van der Waals surface area contributed by atoms with E-state index >= 15 is 0 Å². The first-order valence-corrected chi connectivity index (χ1v) is 5.88. The molecule has 0 amide bonds. The van der Waals surface area contributed by atoms with E-state index < -0.39 is 0 Å². The largest absolute Gasteiger partial charge is 0.310 e. The van der Waals surface area contributed by atoms with Crippen LogP contribution in [0.4, 0.5) is 0 Å². The molecule has 0 aliphatic carbocycles. The Kier molecular flexibility index (Phi) is 2.63. The van der Waals surface area contributed by atoms with Gasteiger partial charge in [-0.2, -0.15) is 0 Å². The Labute approximate surface area is 88.1 Å². The van der Waals surface area contributed by atoms with Crippen LogP contribution in [0.15, 0.2) is 0 Å². The van der Waals surface area contributed by atoms with E-state index in [0.717, 1.165) is 11.6 Å². The first-order valence-electron chi connectivity index (χ1n) is 4.69. The van der Waals surface area contributed by atoms with Crippen molar-refractivity contribution in [3.05, 3.63) is 20.3 Å². The Balaban J connectivity index is 2.37. The average molecular weight is 216 g/mol. The van der Waals surface area contributed by atoms with Gasteiger partial charge in [0.05, 0.1) is 5.02 Å². The molecule has 2 rings (SSSR count). The topological polar surface area (TPSA) is 12.0 Å². The summed E-state index contributed by atoms with van der Waals surface area (Å²) in [6, 6.07) is 0.512. The first kappa shape index (κ1) is 9.50. The fourth-order valence-electron chi connectivity index (χ4n) is 2.00. The second kappa shape index (κ2) is 3.60. The molecule has 13 heavy (non-hydrogen) atoms. The number of aryl methyl sites for hydroxylation is 2. The lowest BCUT2D eigenvalue weighted by Crippen LogP contribution is -2.13. The fraction of sp³-hybridized carbons (Fsp3) is 0.600. The summed E-state index contributed by atoms with van der Waals surface area (Å²) >= 11 is 8.08. The highest BCUT2D eigenvalue weighted by Gasteiger charge is 2.23. The Bertz CT molecular complexity index is 313. The van der Waals surface area contributed by atoms with Crippen LogP contribution < -0.4 is 5.32 Å². The van der Waals surface area contributed by atoms with Crippen molar-refractivity contribution in [2.75, 3.05) is 6.54 Å². The van der Waals surface area contributed by atoms with Crippen molar-refractivity contribution in [3.8, 4) is 0 Å². The van der Waals surface area contributed by atoms with E-state index in [9.17, 15) is 0 Å². The molecular weight excluding hydrogens is 202 g/mol. The van der Waals surface area contributed by atoms with Crippen LogP contribution in [0, 0.1) is 13.8 Å². The molecule has 1 nitrogen and oxygen atoms in total. The van der Waals surface area contributed by atoms with Gasteiger partial charge in [0.15, 0.2) is 0 Å². The summed E-state index contributed by atoms with van der Waals surface area (Å²) in [6.45, 7) is 5.40. The van der Waals surface area contributed by atoms with Crippen molar-refractivity contribution in [2.45, 2.75) is 32.7 Å². The van der Waals surface area contributed by atoms with Crippen LogP contribution >= 0.6 is 22.9 Å². The number of halogens is 1. The van der Waals surface area contributed by atoms with Crippen LogP contribution in [0.2, 0.25) is 5.02 Å². The van der Waals surface area contributed by atoms with Crippen molar-refractivity contribution in [1.29, 1.82) is 0 Å². The minimum absolute atomic E-state index is 0.512. The first-order chi connectivity index (χ1) is 6.20. The second-order valence-electron chi connectivity index (χ2n) is 3.59. The molecule has 0 radical (unpaired) electrons. The van der Waals surface area contributed by atoms with Crippen LogP contribution in [0.25, 0.3) is 0 Å². The van der Waals surface area contributed by atoms with Gasteiger partial charge in [-0.3, -0.25) is 0 Å². The minimum Gasteiger partial charge on any atom is -0.310 e. The van der Waals surface area contributed by atoms with Gasteiger partial charge in [0.1, 0.15) is 0 Å². The lowest BCUT2D eigenvalue weighted by atomic mass is 10.1. The lowest BCUT2D eigenvalue weighted by Gasteiger charge is -2.10. The van der Waals surface area contributed by atoms with Gasteiger partial charge in [-0.25, -0.2) is 0 Å². The van der Waals surface area contributed by atoms with Crippen molar-refractivity contribution in [3.63, 3.8) is 0 Å². The van der Waals surface area contributed by atoms with Gasteiger partial charge < -0.3 is 5.32 Å². The van der Waals surface area contributed by atoms with Crippen LogP contribution in [0.1, 0.15) is 34.2 Å². The molecule has 1 N–H and O–H groups in total. The van der Waals surface area contributed by atoms with Crippen LogP contribution in [-0.2, 0) is 0 Å². The molecule has 3 heteroatoms. The molecule has 0 bridgehead atoms. The summed E-state index contributed by atoms with van der Waals surface area (Å²) < 4.78 is 0. The molecule has 1 aliphatic heterocycles. The van der Waals surface area contributed by atoms with E-state index in [-0.39, 0.29) is 0 Å². The third-order valence-electron chi connectivity index (χ3n) is 2.64. The van der Waals surface area contributed by atoms with E-state index in [2.05, 4.69) is 19.2 Å². The summed E-state index contributed by atoms with van der Waals surface area (Å²) in [5.74, 6) is 0. The van der Waals surface area contributed by atoms with Crippen LogP contribution in [-0.4, -0.2) is 6.54 Å². The SMILES string of the molecule is Cc1sc(C)c(C2CCCN2)c1Cl. The quantitative estimate of drug-likeness (QED) is 0.757. The predicted molar refractivity (Wildman–Crippen MR) is 58.8 cm³/mol. The second-order valence-corrected chi connectivity index (χ2v) is 5.40. The van der Waals surface area contributed by atoms with Gasteiger partial charge in [-0.15, -0.1) is 11.3 Å². The van der Waals surface area contributed by atoms with Gasteiger partial charge in [0.25, 0.3) is 0 Å². The predicted octanol–water partition coefficient (Wildman–Crippen LogP) is 3.44. The summed E-state index contributed by atoms with van der Waals surface area (Å²) in [4.78, 5) is 2.63. The number of rotatable bonds is 1. The number of hydrogen-bond acceptors (Lipinski definition) is 2. The van der Waals surface area contributed by atoms with Crippen molar-refractivity contribution >= 4 is 22.9 Å². The van der Waals surface area contributed by atoms with Crippen LogP contribution in [0.3, 0.4) is 0 Å². The van der Waals surface area contributed by atoms with Crippen molar-refractivity contribution < 1.29 is 0 Å². The Morgan fingerprint density at radius 1 is 1.38 bits per heavy atom. The maximum atomic E-state index is 6.26. The number of hydrogen-bond donors (Lipinski definition) is 1. The molecule has 1 fully saturated rings. The fourth-order valence-corrected chi connectivity index (χ4v) is 3.46. The van der Waals surface area contributed by atoms with Crippen molar-refractivity contribution in [1.82, 2.24) is 5.32 Å². The van der Waals surface area contributed by atoms with E-state index in [1.807, 2.05) is 11.3 Å². The minimum atomic E-state index is 0.512. The third kappa shape index (κ3) is 1.63. The Morgan fingerprint density at radius 3 is 2.62 bits per heavy atom. The van der Waals surface area contributed by atoms with E-state index in [0.29, 0.717) is 6.04 Å². The van der Waals surface area contributed by atoms with E-state index in [1.165, 1.54) is 28.2 Å². The highest BCUT2D eigenvalue weighted by molar-refractivity contribution is 7.12. The molecule has 2 heterocycles. The lowest BCUT2D eigenvalue weighted by molar-refractivity contribution is 0.647. The van der Waals surface area contributed by atoms with E-state index in [4.69, 9.17) is 11.6 Å². The summed E-state index contributed by atoms with van der Waals surface area (Å²) in [7, 11) is 0. The zero-order valence-electron chi connectivity index (χ0n) is 7.98. The average Bonchev–Trinajstić information content (AvgIpc) is 2.63. The summed E-state index contributed by atoms with van der Waals surface area (Å²) in [5, 5.41) is 4.48. The maximum Gasteiger partial charge on any atom is 0.0592 e. The molecule has 1 saturated heterocycles. The zero-order chi connectivity index (χ0) is 9.42. The molecule has 1 atom stereocenters. The van der Waals surface area contributed by atoms with Gasteiger partial charge in [0.2, 0.25) is 0 Å². The molecular formula is C10H14ClNS. The molecule has 1 aromatic rings. The molecule has 1 aliphatic rings. The van der Waals surface area contributed by atoms with Gasteiger partial charge >= 0.3 is 0 Å². The Morgan fingerprint density at radius 2 is 2.15 bits per heavy atom. The highest BCUT2D eigenvalue weighted by atomic mass is 35.5. The highest BCUT2D eigenvalue weighted by Crippen LogP contribution is 2.38. The molecule has 1 unspecified atom stereocenters. The number of thiophene rings is 1. The monoisotopic (exact) mass is 215 g/mol. The maximum absolute atomic E-state index is 6.26. The van der Waals surface area contributed by atoms with Gasteiger partial charge in [-0.1, -0.05) is 11.6 Å². The van der Waals surface area contributed by atoms with Gasteiger partial charge in [0, 0.05) is 21.4 Å². The molecule has 0 aromatic carbocycles. The van der Waals surface area contributed by atoms with E-state index in [1.54, 1.807) is 0 Å². The standard InChI is InChI=1S/C10H14ClNS/c1-6-9(8-4-3-5-12-8)10(11)7(2)13-6/h8,12H,3-5H2,1-2H3. The normalized spacial score (nSPS) is 22.5. The Hall–Kier alpha value is -0.0500. The molecule has 1 aromatic heterocycles. The molecule has 0 spiro atoms. The number of nitrogens with one attached hydrogen (secondary N) is 1. The van der Waals surface area contributed by atoms with Crippen LogP contribution in [0.5, 0.6) is 0 Å². The zero-order valence-corrected chi connectivity index (χ0v) is 9.56. The smallest absolute Gasteiger partial charge is 0.0592 e. The van der Waals surface area contributed by atoms with Crippen molar-refractivity contribution in [2.24, 2.45) is 0 Å².